The van der Waals surface area contributed by atoms with E-state index in [4.69, 9.17) is 16.3 Å². The Kier molecular flexibility index (Phi) is 5.10. The van der Waals surface area contributed by atoms with Crippen LogP contribution in [-0.2, 0) is 13.2 Å². The lowest BCUT2D eigenvalue weighted by atomic mass is 10.2. The van der Waals surface area contributed by atoms with Crippen molar-refractivity contribution in [3.8, 4) is 5.75 Å². The molecule has 0 unspecified atom stereocenters. The van der Waals surface area contributed by atoms with Crippen molar-refractivity contribution >= 4 is 28.1 Å². The normalized spacial score (nSPS) is 10.5. The Bertz CT molecular complexity index is 780. The first-order chi connectivity index (χ1) is 11.2. The molecule has 0 saturated carbocycles. The van der Waals surface area contributed by atoms with Gasteiger partial charge in [0, 0.05) is 23.7 Å². The minimum atomic E-state index is -0.353. The molecule has 0 aliphatic carbocycles. The van der Waals surface area contributed by atoms with Gasteiger partial charge in [0.05, 0.1) is 5.02 Å². The molecule has 1 N–H and O–H groups in total. The van der Waals surface area contributed by atoms with Crippen molar-refractivity contribution in [1.82, 2.24) is 4.98 Å². The number of anilines is 1. The van der Waals surface area contributed by atoms with Crippen LogP contribution in [0.4, 0.5) is 9.52 Å². The van der Waals surface area contributed by atoms with Crippen molar-refractivity contribution in [2.75, 3.05) is 5.32 Å². The second-order valence-electron chi connectivity index (χ2n) is 4.86. The van der Waals surface area contributed by atoms with Crippen molar-refractivity contribution in [1.29, 1.82) is 0 Å². The fraction of sp³-hybridized carbons (Fsp3) is 0.118. The molecule has 1 heterocycles. The predicted molar refractivity (Wildman–Crippen MR) is 91.6 cm³/mol. The topological polar surface area (TPSA) is 34.1 Å². The Morgan fingerprint density at radius 3 is 2.91 bits per heavy atom. The first-order valence-corrected chi connectivity index (χ1v) is 8.25. The maximum absolute atomic E-state index is 13.0. The van der Waals surface area contributed by atoms with E-state index in [-0.39, 0.29) is 5.82 Å². The minimum absolute atomic E-state index is 0.294. The fourth-order valence-corrected chi connectivity index (χ4v) is 2.78. The van der Waals surface area contributed by atoms with Gasteiger partial charge in [-0.3, -0.25) is 0 Å². The lowest BCUT2D eigenvalue weighted by Crippen LogP contribution is -2.00. The van der Waals surface area contributed by atoms with E-state index in [0.29, 0.717) is 18.2 Å². The summed E-state index contributed by atoms with van der Waals surface area (Å²) < 4.78 is 18.8. The molecule has 0 fully saturated rings. The molecule has 0 bridgehead atoms. The number of benzene rings is 2. The molecule has 118 valence electrons. The Hall–Kier alpha value is -2.11. The Morgan fingerprint density at radius 1 is 1.22 bits per heavy atom. The summed E-state index contributed by atoms with van der Waals surface area (Å²) in [5.41, 5.74) is 1.84. The van der Waals surface area contributed by atoms with Crippen LogP contribution in [0.3, 0.4) is 0 Å². The van der Waals surface area contributed by atoms with Gasteiger partial charge in [-0.1, -0.05) is 29.8 Å². The number of halogens is 2. The number of nitrogens with one attached hydrogen (secondary N) is 1. The highest BCUT2D eigenvalue weighted by atomic mass is 35.5. The third-order valence-electron chi connectivity index (χ3n) is 3.18. The van der Waals surface area contributed by atoms with Gasteiger partial charge < -0.3 is 10.1 Å². The second kappa shape index (κ2) is 7.44. The summed E-state index contributed by atoms with van der Waals surface area (Å²) in [6.07, 6.45) is 1.76. The van der Waals surface area contributed by atoms with Gasteiger partial charge in [-0.05, 0) is 29.8 Å². The second-order valence-corrected chi connectivity index (χ2v) is 6.16. The van der Waals surface area contributed by atoms with E-state index in [0.717, 1.165) is 22.0 Å². The van der Waals surface area contributed by atoms with Crippen LogP contribution in [0, 0.1) is 5.82 Å². The SMILES string of the molecule is Fc1ccc(COc2cccc(CNc3nccs3)c2)c(Cl)c1. The number of nitrogens with zero attached hydrogens (tertiary/aromatic N) is 1. The first kappa shape index (κ1) is 15.8. The summed E-state index contributed by atoms with van der Waals surface area (Å²) in [5, 5.41) is 6.42. The molecule has 0 radical (unpaired) electrons. The average molecular weight is 349 g/mol. The highest BCUT2D eigenvalue weighted by Gasteiger charge is 2.04. The predicted octanol–water partition coefficient (Wildman–Crippen LogP) is 5.13. The van der Waals surface area contributed by atoms with E-state index in [1.54, 1.807) is 23.6 Å². The van der Waals surface area contributed by atoms with Crippen LogP contribution in [0.5, 0.6) is 5.75 Å². The van der Waals surface area contributed by atoms with Crippen LogP contribution < -0.4 is 10.1 Å². The summed E-state index contributed by atoms with van der Waals surface area (Å²) in [6.45, 7) is 0.963. The molecule has 1 aromatic heterocycles. The number of aromatic nitrogens is 1. The number of ether oxygens (including phenoxy) is 1. The number of hydrogen-bond donors (Lipinski definition) is 1. The molecule has 0 spiro atoms. The van der Waals surface area contributed by atoms with E-state index >= 15 is 0 Å². The number of hydrogen-bond acceptors (Lipinski definition) is 4. The van der Waals surface area contributed by atoms with Crippen molar-refractivity contribution in [3.63, 3.8) is 0 Å². The lowest BCUT2D eigenvalue weighted by molar-refractivity contribution is 0.306. The van der Waals surface area contributed by atoms with Gasteiger partial charge in [0.1, 0.15) is 18.2 Å². The quantitative estimate of drug-likeness (QED) is 0.670. The molecular formula is C17H14ClFN2OS. The average Bonchev–Trinajstić information content (AvgIpc) is 3.06. The van der Waals surface area contributed by atoms with E-state index in [9.17, 15) is 4.39 Å². The third kappa shape index (κ3) is 4.43. The van der Waals surface area contributed by atoms with Crippen molar-refractivity contribution in [2.24, 2.45) is 0 Å². The monoisotopic (exact) mass is 348 g/mol. The lowest BCUT2D eigenvalue weighted by Gasteiger charge is -2.10. The minimum Gasteiger partial charge on any atom is -0.489 e. The van der Waals surface area contributed by atoms with Gasteiger partial charge in [-0.2, -0.15) is 0 Å². The van der Waals surface area contributed by atoms with Gasteiger partial charge in [-0.25, -0.2) is 9.37 Å². The Morgan fingerprint density at radius 2 is 2.13 bits per heavy atom. The molecule has 0 aliphatic heterocycles. The summed E-state index contributed by atoms with van der Waals surface area (Å²) >= 11 is 7.56. The van der Waals surface area contributed by atoms with Gasteiger partial charge in [-0.15, -0.1) is 11.3 Å². The molecule has 0 atom stereocenters. The van der Waals surface area contributed by atoms with Crippen molar-refractivity contribution < 1.29 is 9.13 Å². The summed E-state index contributed by atoms with van der Waals surface area (Å²) in [6, 6.07) is 12.1. The molecular weight excluding hydrogens is 335 g/mol. The molecule has 3 nitrogen and oxygen atoms in total. The van der Waals surface area contributed by atoms with Gasteiger partial charge in [0.15, 0.2) is 5.13 Å². The summed E-state index contributed by atoms with van der Waals surface area (Å²) in [4.78, 5) is 4.18. The van der Waals surface area contributed by atoms with Crippen LogP contribution in [0.25, 0.3) is 0 Å². The largest absolute Gasteiger partial charge is 0.489 e. The molecule has 0 saturated heterocycles. The smallest absolute Gasteiger partial charge is 0.182 e. The third-order valence-corrected chi connectivity index (χ3v) is 4.27. The van der Waals surface area contributed by atoms with Crippen molar-refractivity contribution in [3.05, 3.63) is 76.0 Å². The molecule has 3 aromatic rings. The van der Waals surface area contributed by atoms with E-state index in [1.165, 1.54) is 12.1 Å². The first-order valence-electron chi connectivity index (χ1n) is 7.00. The summed E-state index contributed by atoms with van der Waals surface area (Å²) in [5.74, 6) is 0.387. The van der Waals surface area contributed by atoms with Gasteiger partial charge >= 0.3 is 0 Å². The Balaban J connectivity index is 1.60. The Labute approximate surface area is 142 Å². The number of thiazole rings is 1. The highest BCUT2D eigenvalue weighted by Crippen LogP contribution is 2.21. The maximum Gasteiger partial charge on any atom is 0.182 e. The zero-order chi connectivity index (χ0) is 16.1. The van der Waals surface area contributed by atoms with E-state index < -0.39 is 0 Å². The maximum atomic E-state index is 13.0. The van der Waals surface area contributed by atoms with Gasteiger partial charge in [0.25, 0.3) is 0 Å². The fourth-order valence-electron chi connectivity index (χ4n) is 2.03. The summed E-state index contributed by atoms with van der Waals surface area (Å²) in [7, 11) is 0. The van der Waals surface area contributed by atoms with Crippen molar-refractivity contribution in [2.45, 2.75) is 13.2 Å². The molecule has 3 rings (SSSR count). The van der Waals surface area contributed by atoms with Crippen LogP contribution >= 0.6 is 22.9 Å². The molecule has 6 heteroatoms. The van der Waals surface area contributed by atoms with Crippen LogP contribution in [-0.4, -0.2) is 4.98 Å². The van der Waals surface area contributed by atoms with Crippen LogP contribution in [0.2, 0.25) is 5.02 Å². The van der Waals surface area contributed by atoms with E-state index in [2.05, 4.69) is 10.3 Å². The molecule has 0 amide bonds. The van der Waals surface area contributed by atoms with Crippen LogP contribution in [0.15, 0.2) is 54.0 Å². The zero-order valence-electron chi connectivity index (χ0n) is 12.1. The number of rotatable bonds is 6. The highest BCUT2D eigenvalue weighted by molar-refractivity contribution is 7.13. The zero-order valence-corrected chi connectivity index (χ0v) is 13.7. The van der Waals surface area contributed by atoms with E-state index in [1.807, 2.05) is 29.6 Å². The molecule has 2 aromatic carbocycles. The standard InChI is InChI=1S/C17H14ClFN2OS/c18-16-9-14(19)5-4-13(16)11-22-15-3-1-2-12(8-15)10-21-17-20-6-7-23-17/h1-9H,10-11H2,(H,20,21). The molecule has 23 heavy (non-hydrogen) atoms. The van der Waals surface area contributed by atoms with Crippen LogP contribution in [0.1, 0.15) is 11.1 Å². The molecule has 0 aliphatic rings. The van der Waals surface area contributed by atoms with Gasteiger partial charge in [0.2, 0.25) is 0 Å².